The second-order valence-corrected chi connectivity index (χ2v) is 5.45. The standard InChI is InChI=1S/C14H22N2O2/c1-10-11(7-6-8-15-10)9-16-12(13(17)18-5)14(2,3)4/h6-8,12,16H,9H2,1-5H3. The van der Waals surface area contributed by atoms with Crippen molar-refractivity contribution in [1.29, 1.82) is 0 Å². The molecule has 1 unspecified atom stereocenters. The zero-order valence-corrected chi connectivity index (χ0v) is 11.8. The number of hydrogen-bond acceptors (Lipinski definition) is 4. The van der Waals surface area contributed by atoms with E-state index in [9.17, 15) is 4.79 Å². The summed E-state index contributed by atoms with van der Waals surface area (Å²) in [5.41, 5.74) is 1.88. The van der Waals surface area contributed by atoms with Crippen molar-refractivity contribution in [2.75, 3.05) is 7.11 Å². The van der Waals surface area contributed by atoms with E-state index in [4.69, 9.17) is 4.74 Å². The Morgan fingerprint density at radius 1 is 1.50 bits per heavy atom. The van der Waals surface area contributed by atoms with Gasteiger partial charge in [0.2, 0.25) is 0 Å². The summed E-state index contributed by atoms with van der Waals surface area (Å²) in [6.45, 7) is 8.60. The number of pyridine rings is 1. The Labute approximate surface area is 109 Å². The summed E-state index contributed by atoms with van der Waals surface area (Å²) in [5.74, 6) is -0.232. The predicted octanol–water partition coefficient (Wildman–Crippen LogP) is 2.07. The summed E-state index contributed by atoms with van der Waals surface area (Å²) >= 11 is 0. The minimum Gasteiger partial charge on any atom is -0.468 e. The van der Waals surface area contributed by atoms with Gasteiger partial charge in [-0.1, -0.05) is 26.8 Å². The zero-order chi connectivity index (χ0) is 13.8. The molecule has 1 heterocycles. The highest BCUT2D eigenvalue weighted by molar-refractivity contribution is 5.76. The van der Waals surface area contributed by atoms with E-state index in [0.717, 1.165) is 11.3 Å². The van der Waals surface area contributed by atoms with E-state index in [1.54, 1.807) is 6.20 Å². The molecule has 4 heteroatoms. The molecule has 0 bridgehead atoms. The van der Waals surface area contributed by atoms with Gasteiger partial charge < -0.3 is 4.74 Å². The topological polar surface area (TPSA) is 51.2 Å². The molecule has 0 amide bonds. The van der Waals surface area contributed by atoms with E-state index in [1.165, 1.54) is 7.11 Å². The summed E-state index contributed by atoms with van der Waals surface area (Å²) in [6.07, 6.45) is 1.76. The maximum absolute atomic E-state index is 11.8. The Kier molecular flexibility index (Phi) is 4.84. The monoisotopic (exact) mass is 250 g/mol. The molecule has 100 valence electrons. The summed E-state index contributed by atoms with van der Waals surface area (Å²) in [6, 6.07) is 3.57. The van der Waals surface area contributed by atoms with Crippen LogP contribution in [0.1, 0.15) is 32.0 Å². The molecule has 0 spiro atoms. The van der Waals surface area contributed by atoms with E-state index in [1.807, 2.05) is 39.8 Å². The van der Waals surface area contributed by atoms with Gasteiger partial charge in [-0.05, 0) is 24.0 Å². The smallest absolute Gasteiger partial charge is 0.323 e. The van der Waals surface area contributed by atoms with Crippen molar-refractivity contribution in [3.8, 4) is 0 Å². The quantitative estimate of drug-likeness (QED) is 0.831. The largest absolute Gasteiger partial charge is 0.468 e. The predicted molar refractivity (Wildman–Crippen MR) is 71.1 cm³/mol. The Hall–Kier alpha value is -1.42. The molecule has 0 aliphatic carbocycles. The molecule has 0 aliphatic heterocycles. The molecule has 1 atom stereocenters. The Balaban J connectivity index is 2.75. The molecule has 0 fully saturated rings. The minimum absolute atomic E-state index is 0.191. The first-order chi connectivity index (χ1) is 8.36. The highest BCUT2D eigenvalue weighted by Crippen LogP contribution is 2.20. The number of esters is 1. The number of hydrogen-bond donors (Lipinski definition) is 1. The first-order valence-electron chi connectivity index (χ1n) is 6.08. The van der Waals surface area contributed by atoms with Crippen molar-refractivity contribution in [2.45, 2.75) is 40.3 Å². The van der Waals surface area contributed by atoms with E-state index < -0.39 is 0 Å². The van der Waals surface area contributed by atoms with Crippen LogP contribution in [0, 0.1) is 12.3 Å². The van der Waals surface area contributed by atoms with Gasteiger partial charge in [-0.15, -0.1) is 0 Å². The fourth-order valence-corrected chi connectivity index (χ4v) is 1.78. The van der Waals surface area contributed by atoms with Gasteiger partial charge in [-0.2, -0.15) is 0 Å². The van der Waals surface area contributed by atoms with Crippen LogP contribution in [0.25, 0.3) is 0 Å². The van der Waals surface area contributed by atoms with E-state index in [-0.39, 0.29) is 17.4 Å². The van der Waals surface area contributed by atoms with Crippen molar-refractivity contribution < 1.29 is 9.53 Å². The van der Waals surface area contributed by atoms with E-state index in [0.29, 0.717) is 6.54 Å². The molecular formula is C14H22N2O2. The first kappa shape index (κ1) is 14.6. The van der Waals surface area contributed by atoms with Gasteiger partial charge in [0, 0.05) is 18.4 Å². The lowest BCUT2D eigenvalue weighted by atomic mass is 9.86. The molecule has 0 aromatic carbocycles. The van der Waals surface area contributed by atoms with Gasteiger partial charge in [-0.25, -0.2) is 0 Å². The van der Waals surface area contributed by atoms with Crippen LogP contribution in [0.3, 0.4) is 0 Å². The summed E-state index contributed by atoms with van der Waals surface area (Å²) in [7, 11) is 1.41. The van der Waals surface area contributed by atoms with Crippen LogP contribution in [0.2, 0.25) is 0 Å². The SMILES string of the molecule is COC(=O)C(NCc1cccnc1C)C(C)(C)C. The molecule has 1 aromatic heterocycles. The number of ether oxygens (including phenoxy) is 1. The van der Waals surface area contributed by atoms with Crippen molar-refractivity contribution in [3.05, 3.63) is 29.6 Å². The van der Waals surface area contributed by atoms with E-state index in [2.05, 4.69) is 10.3 Å². The lowest BCUT2D eigenvalue weighted by Gasteiger charge is -2.29. The lowest BCUT2D eigenvalue weighted by Crippen LogP contribution is -2.46. The number of carbonyl (C=O) groups is 1. The van der Waals surface area contributed by atoms with Gasteiger partial charge in [0.15, 0.2) is 0 Å². The fraction of sp³-hybridized carbons (Fsp3) is 0.571. The number of nitrogens with zero attached hydrogens (tertiary/aromatic N) is 1. The second-order valence-electron chi connectivity index (χ2n) is 5.45. The van der Waals surface area contributed by atoms with Crippen LogP contribution in [0.4, 0.5) is 0 Å². The first-order valence-corrected chi connectivity index (χ1v) is 6.08. The zero-order valence-electron chi connectivity index (χ0n) is 11.8. The number of carbonyl (C=O) groups excluding carboxylic acids is 1. The van der Waals surface area contributed by atoms with Crippen molar-refractivity contribution in [3.63, 3.8) is 0 Å². The number of aromatic nitrogens is 1. The maximum atomic E-state index is 11.8. The van der Waals surface area contributed by atoms with Crippen LogP contribution in [-0.4, -0.2) is 24.1 Å². The molecule has 0 aliphatic rings. The Bertz CT molecular complexity index is 411. The highest BCUT2D eigenvalue weighted by Gasteiger charge is 2.31. The third kappa shape index (κ3) is 3.81. The fourth-order valence-electron chi connectivity index (χ4n) is 1.78. The van der Waals surface area contributed by atoms with Gasteiger partial charge in [0.25, 0.3) is 0 Å². The average molecular weight is 250 g/mol. The van der Waals surface area contributed by atoms with Crippen LogP contribution < -0.4 is 5.32 Å². The lowest BCUT2D eigenvalue weighted by molar-refractivity contribution is -0.146. The highest BCUT2D eigenvalue weighted by atomic mass is 16.5. The van der Waals surface area contributed by atoms with Crippen LogP contribution in [-0.2, 0) is 16.1 Å². The van der Waals surface area contributed by atoms with Gasteiger partial charge in [0.05, 0.1) is 7.11 Å². The van der Waals surface area contributed by atoms with Gasteiger partial charge in [-0.3, -0.25) is 15.1 Å². The van der Waals surface area contributed by atoms with Crippen LogP contribution >= 0.6 is 0 Å². The number of nitrogens with one attached hydrogen (secondary N) is 1. The number of methoxy groups -OCH3 is 1. The Morgan fingerprint density at radius 3 is 2.67 bits per heavy atom. The molecule has 1 aromatic rings. The summed E-state index contributed by atoms with van der Waals surface area (Å²) < 4.78 is 4.84. The molecule has 1 rings (SSSR count). The minimum atomic E-state index is -0.331. The molecule has 4 nitrogen and oxygen atoms in total. The van der Waals surface area contributed by atoms with Gasteiger partial charge in [0.1, 0.15) is 6.04 Å². The second kappa shape index (κ2) is 5.96. The summed E-state index contributed by atoms with van der Waals surface area (Å²) in [4.78, 5) is 16.0. The Morgan fingerprint density at radius 2 is 2.17 bits per heavy atom. The average Bonchev–Trinajstić information content (AvgIpc) is 2.29. The van der Waals surface area contributed by atoms with Crippen LogP contribution in [0.15, 0.2) is 18.3 Å². The third-order valence-corrected chi connectivity index (χ3v) is 2.92. The van der Waals surface area contributed by atoms with Crippen molar-refractivity contribution >= 4 is 5.97 Å². The molecule has 1 N–H and O–H groups in total. The normalized spacial score (nSPS) is 13.2. The van der Waals surface area contributed by atoms with E-state index >= 15 is 0 Å². The van der Waals surface area contributed by atoms with Gasteiger partial charge >= 0.3 is 5.97 Å². The summed E-state index contributed by atoms with van der Waals surface area (Å²) in [5, 5.41) is 3.25. The molecular weight excluding hydrogens is 228 g/mol. The number of aryl methyl sites for hydroxylation is 1. The number of rotatable bonds is 4. The van der Waals surface area contributed by atoms with Crippen molar-refractivity contribution in [1.82, 2.24) is 10.3 Å². The molecule has 0 saturated carbocycles. The van der Waals surface area contributed by atoms with Crippen LogP contribution in [0.5, 0.6) is 0 Å². The molecule has 0 radical (unpaired) electrons. The third-order valence-electron chi connectivity index (χ3n) is 2.92. The van der Waals surface area contributed by atoms with Crippen molar-refractivity contribution in [2.24, 2.45) is 5.41 Å². The molecule has 18 heavy (non-hydrogen) atoms. The molecule has 0 saturated heterocycles. The maximum Gasteiger partial charge on any atom is 0.323 e.